The first-order valence-corrected chi connectivity index (χ1v) is 8.43. The summed E-state index contributed by atoms with van der Waals surface area (Å²) in [5.74, 6) is 0.714. The quantitative estimate of drug-likeness (QED) is 0.884. The molecule has 1 aliphatic rings. The van der Waals surface area contributed by atoms with Crippen molar-refractivity contribution in [2.24, 2.45) is 11.7 Å². The molecule has 2 rings (SSSR count). The Morgan fingerprint density at radius 1 is 1.29 bits per heavy atom. The van der Waals surface area contributed by atoms with Crippen molar-refractivity contribution in [1.29, 1.82) is 0 Å². The van der Waals surface area contributed by atoms with Gasteiger partial charge in [-0.3, -0.25) is 0 Å². The summed E-state index contributed by atoms with van der Waals surface area (Å²) in [4.78, 5) is 2.22. The van der Waals surface area contributed by atoms with E-state index in [4.69, 9.17) is 5.73 Å². The van der Waals surface area contributed by atoms with Crippen molar-refractivity contribution in [2.45, 2.75) is 58.4 Å². The van der Waals surface area contributed by atoms with Crippen molar-refractivity contribution in [3.05, 3.63) is 29.6 Å². The van der Waals surface area contributed by atoms with Gasteiger partial charge in [-0.25, -0.2) is 4.39 Å². The molecule has 0 aliphatic carbocycles. The number of nitrogens with zero attached hydrogens (tertiary/aromatic N) is 1. The van der Waals surface area contributed by atoms with Crippen LogP contribution < -0.4 is 10.6 Å². The van der Waals surface area contributed by atoms with Gasteiger partial charge in [0.1, 0.15) is 5.82 Å². The fourth-order valence-corrected chi connectivity index (χ4v) is 3.20. The van der Waals surface area contributed by atoms with Crippen molar-refractivity contribution in [2.75, 3.05) is 18.0 Å². The van der Waals surface area contributed by atoms with Crippen LogP contribution in [0.5, 0.6) is 0 Å². The highest BCUT2D eigenvalue weighted by molar-refractivity contribution is 5.49. The van der Waals surface area contributed by atoms with Gasteiger partial charge in [0.2, 0.25) is 0 Å². The molecule has 1 saturated heterocycles. The zero-order chi connectivity index (χ0) is 15.2. The fourth-order valence-electron chi connectivity index (χ4n) is 3.20. The Morgan fingerprint density at radius 2 is 2.10 bits per heavy atom. The van der Waals surface area contributed by atoms with Crippen LogP contribution in [0.1, 0.15) is 51.5 Å². The van der Waals surface area contributed by atoms with E-state index >= 15 is 0 Å². The molecule has 0 bridgehead atoms. The van der Waals surface area contributed by atoms with E-state index < -0.39 is 0 Å². The lowest BCUT2D eigenvalue weighted by molar-refractivity contribution is 0.459. The first-order valence-electron chi connectivity index (χ1n) is 8.43. The van der Waals surface area contributed by atoms with Gasteiger partial charge in [-0.15, -0.1) is 0 Å². The topological polar surface area (TPSA) is 29.3 Å². The third-order valence-corrected chi connectivity index (χ3v) is 4.80. The lowest BCUT2D eigenvalue weighted by atomic mass is 9.98. The summed E-state index contributed by atoms with van der Waals surface area (Å²) < 4.78 is 14.4. The van der Waals surface area contributed by atoms with E-state index in [1.165, 1.54) is 25.7 Å². The average molecular weight is 292 g/mol. The normalized spacial score (nSPS) is 21.1. The number of benzene rings is 1. The van der Waals surface area contributed by atoms with Crippen molar-refractivity contribution < 1.29 is 4.39 Å². The van der Waals surface area contributed by atoms with Crippen molar-refractivity contribution in [3.63, 3.8) is 0 Å². The Balaban J connectivity index is 2.06. The van der Waals surface area contributed by atoms with Crippen LogP contribution in [0.4, 0.5) is 10.1 Å². The molecule has 21 heavy (non-hydrogen) atoms. The molecule has 0 aromatic heterocycles. The van der Waals surface area contributed by atoms with Gasteiger partial charge in [0.25, 0.3) is 0 Å². The Labute approximate surface area is 128 Å². The predicted octanol–water partition coefficient (Wildman–Crippen LogP) is 4.12. The molecular formula is C18H29FN2. The molecule has 2 nitrogen and oxygen atoms in total. The maximum Gasteiger partial charge on any atom is 0.146 e. The second-order valence-corrected chi connectivity index (χ2v) is 6.35. The average Bonchev–Trinajstić information content (AvgIpc) is 2.72. The molecule has 118 valence electrons. The molecule has 0 radical (unpaired) electrons. The highest BCUT2D eigenvalue weighted by atomic mass is 19.1. The maximum absolute atomic E-state index is 14.4. The van der Waals surface area contributed by atoms with E-state index in [1.54, 1.807) is 6.07 Å². The van der Waals surface area contributed by atoms with Crippen LogP contribution in [-0.4, -0.2) is 19.1 Å². The molecule has 2 atom stereocenters. The van der Waals surface area contributed by atoms with Gasteiger partial charge < -0.3 is 10.6 Å². The van der Waals surface area contributed by atoms with Gasteiger partial charge in [-0.1, -0.05) is 26.3 Å². The first-order chi connectivity index (χ1) is 10.1. The fraction of sp³-hybridized carbons (Fsp3) is 0.667. The highest BCUT2D eigenvalue weighted by Crippen LogP contribution is 2.27. The SMILES string of the molecule is CCC(N)Cc1ccc(N2CCCC(CC)CC2)c(F)c1. The van der Waals surface area contributed by atoms with Crippen LogP contribution >= 0.6 is 0 Å². The molecule has 3 heteroatoms. The van der Waals surface area contributed by atoms with Crippen molar-refractivity contribution in [3.8, 4) is 0 Å². The smallest absolute Gasteiger partial charge is 0.146 e. The third-order valence-electron chi connectivity index (χ3n) is 4.80. The Bertz CT molecular complexity index is 447. The first kappa shape index (κ1) is 16.3. The van der Waals surface area contributed by atoms with Gasteiger partial charge in [0.05, 0.1) is 5.69 Å². The van der Waals surface area contributed by atoms with E-state index in [1.807, 2.05) is 12.1 Å². The van der Waals surface area contributed by atoms with Crippen LogP contribution in [0.3, 0.4) is 0 Å². The van der Waals surface area contributed by atoms with Gasteiger partial charge in [-0.05, 0) is 55.7 Å². The molecule has 1 heterocycles. The molecule has 1 aromatic carbocycles. The van der Waals surface area contributed by atoms with Gasteiger partial charge in [0.15, 0.2) is 0 Å². The van der Waals surface area contributed by atoms with Gasteiger partial charge in [-0.2, -0.15) is 0 Å². The molecule has 2 N–H and O–H groups in total. The zero-order valence-electron chi connectivity index (χ0n) is 13.4. The third kappa shape index (κ3) is 4.44. The van der Waals surface area contributed by atoms with E-state index in [-0.39, 0.29) is 11.9 Å². The standard InChI is InChI=1S/C18H29FN2/c1-3-14-6-5-10-21(11-9-14)18-8-7-15(13-17(18)19)12-16(20)4-2/h7-8,13-14,16H,3-6,9-12,20H2,1-2H3. The van der Waals surface area contributed by atoms with Crippen LogP contribution in [0.2, 0.25) is 0 Å². The highest BCUT2D eigenvalue weighted by Gasteiger charge is 2.18. The van der Waals surface area contributed by atoms with Crippen LogP contribution in [0.15, 0.2) is 18.2 Å². The molecule has 1 aliphatic heterocycles. The van der Waals surface area contributed by atoms with Gasteiger partial charge in [0, 0.05) is 19.1 Å². The number of hydrogen-bond acceptors (Lipinski definition) is 2. The Hall–Kier alpha value is -1.09. The largest absolute Gasteiger partial charge is 0.369 e. The number of halogens is 1. The van der Waals surface area contributed by atoms with Crippen molar-refractivity contribution >= 4 is 5.69 Å². The summed E-state index contributed by atoms with van der Waals surface area (Å²) >= 11 is 0. The van der Waals surface area contributed by atoms with E-state index in [9.17, 15) is 4.39 Å². The minimum Gasteiger partial charge on any atom is -0.369 e. The van der Waals surface area contributed by atoms with Crippen LogP contribution in [0.25, 0.3) is 0 Å². The molecular weight excluding hydrogens is 263 g/mol. The number of hydrogen-bond donors (Lipinski definition) is 1. The molecule has 0 amide bonds. The van der Waals surface area contributed by atoms with E-state index in [0.29, 0.717) is 0 Å². The number of rotatable bonds is 5. The lowest BCUT2D eigenvalue weighted by Gasteiger charge is -2.24. The van der Waals surface area contributed by atoms with Gasteiger partial charge >= 0.3 is 0 Å². The lowest BCUT2D eigenvalue weighted by Crippen LogP contribution is -2.25. The summed E-state index contributed by atoms with van der Waals surface area (Å²) in [5.41, 5.74) is 7.73. The number of nitrogens with two attached hydrogens (primary N) is 1. The number of anilines is 1. The minimum absolute atomic E-state index is 0.0919. The predicted molar refractivity (Wildman–Crippen MR) is 88.2 cm³/mol. The van der Waals surface area contributed by atoms with E-state index in [0.717, 1.165) is 43.1 Å². The maximum atomic E-state index is 14.4. The van der Waals surface area contributed by atoms with Crippen LogP contribution in [0, 0.1) is 11.7 Å². The summed E-state index contributed by atoms with van der Waals surface area (Å²) in [5, 5.41) is 0. The summed E-state index contributed by atoms with van der Waals surface area (Å²) in [6.07, 6.45) is 6.54. The van der Waals surface area contributed by atoms with Crippen molar-refractivity contribution in [1.82, 2.24) is 0 Å². The molecule has 1 aromatic rings. The summed E-state index contributed by atoms with van der Waals surface area (Å²) in [7, 11) is 0. The zero-order valence-corrected chi connectivity index (χ0v) is 13.4. The molecule has 1 fully saturated rings. The minimum atomic E-state index is -0.0919. The Morgan fingerprint density at radius 3 is 2.76 bits per heavy atom. The van der Waals surface area contributed by atoms with E-state index in [2.05, 4.69) is 18.7 Å². The second-order valence-electron chi connectivity index (χ2n) is 6.35. The molecule has 2 unspecified atom stereocenters. The molecule has 0 spiro atoms. The van der Waals surface area contributed by atoms with Crippen LogP contribution in [-0.2, 0) is 6.42 Å². The summed E-state index contributed by atoms with van der Waals surface area (Å²) in [6.45, 7) is 6.27. The molecule has 0 saturated carbocycles. The summed E-state index contributed by atoms with van der Waals surface area (Å²) in [6, 6.07) is 5.78. The monoisotopic (exact) mass is 292 g/mol. The Kier molecular flexibility index (Phi) is 6.04. The second kappa shape index (κ2) is 7.79.